The Kier molecular flexibility index (Phi) is 10.1. The van der Waals surface area contributed by atoms with Crippen molar-refractivity contribution in [2.45, 2.75) is 57.8 Å². The van der Waals surface area contributed by atoms with Gasteiger partial charge in [0.15, 0.2) is 0 Å². The molecule has 0 unspecified atom stereocenters. The zero-order valence-corrected chi connectivity index (χ0v) is 8.26. The summed E-state index contributed by atoms with van der Waals surface area (Å²) < 4.78 is 0. The Balaban J connectivity index is 2.85. The molecule has 72 valence electrons. The first-order valence-corrected chi connectivity index (χ1v) is 5.15. The third-order valence-corrected chi connectivity index (χ3v) is 2.08. The number of hydrogen-bond acceptors (Lipinski definition) is 2. The molecule has 0 aromatic rings. The molecule has 0 radical (unpaired) electrons. The van der Waals surface area contributed by atoms with Gasteiger partial charge in [0.2, 0.25) is 0 Å². The van der Waals surface area contributed by atoms with Crippen LogP contribution in [0.4, 0.5) is 0 Å². The molecule has 0 saturated heterocycles. The van der Waals surface area contributed by atoms with E-state index < -0.39 is 0 Å². The molecule has 0 aromatic heterocycles. The van der Waals surface area contributed by atoms with E-state index in [0.717, 1.165) is 12.8 Å². The van der Waals surface area contributed by atoms with Gasteiger partial charge in [-0.15, -0.1) is 0 Å². The van der Waals surface area contributed by atoms with E-state index in [1.165, 1.54) is 32.1 Å². The number of nitrogens with zero attached hydrogens (tertiary/aromatic N) is 2. The van der Waals surface area contributed by atoms with E-state index in [2.05, 4.69) is 12.1 Å². The van der Waals surface area contributed by atoms with Crippen molar-refractivity contribution < 1.29 is 0 Å². The molecule has 0 heterocycles. The molecule has 0 atom stereocenters. The highest BCUT2D eigenvalue weighted by atomic mass is 14.2. The summed E-state index contributed by atoms with van der Waals surface area (Å²) in [7, 11) is 0. The number of hydrogen-bond donors (Lipinski definition) is 0. The second-order valence-corrected chi connectivity index (χ2v) is 3.29. The first-order chi connectivity index (χ1) is 6.41. The monoisotopic (exact) mass is 178 g/mol. The normalized spacial score (nSPS) is 9.08. The van der Waals surface area contributed by atoms with Gasteiger partial charge in [0.25, 0.3) is 0 Å². The molecular formula is C11H18N2. The first-order valence-electron chi connectivity index (χ1n) is 5.15. The topological polar surface area (TPSA) is 47.6 Å². The summed E-state index contributed by atoms with van der Waals surface area (Å²) in [6.45, 7) is 0. The van der Waals surface area contributed by atoms with Crippen LogP contribution in [0.15, 0.2) is 0 Å². The van der Waals surface area contributed by atoms with Crippen LogP contribution in [0, 0.1) is 22.7 Å². The molecule has 0 amide bonds. The van der Waals surface area contributed by atoms with Crippen molar-refractivity contribution in [1.82, 2.24) is 0 Å². The van der Waals surface area contributed by atoms with Gasteiger partial charge >= 0.3 is 0 Å². The summed E-state index contributed by atoms with van der Waals surface area (Å²) in [6, 6.07) is 4.30. The molecule has 2 nitrogen and oxygen atoms in total. The fourth-order valence-electron chi connectivity index (χ4n) is 1.29. The Morgan fingerprint density at radius 3 is 1.15 bits per heavy atom. The van der Waals surface area contributed by atoms with Gasteiger partial charge in [0, 0.05) is 12.8 Å². The summed E-state index contributed by atoms with van der Waals surface area (Å²) >= 11 is 0. The zero-order chi connectivity index (χ0) is 9.78. The molecule has 0 aliphatic heterocycles. The van der Waals surface area contributed by atoms with Crippen molar-refractivity contribution in [1.29, 1.82) is 10.5 Å². The number of rotatable bonds is 8. The van der Waals surface area contributed by atoms with Crippen LogP contribution in [0.25, 0.3) is 0 Å². The Morgan fingerprint density at radius 1 is 0.538 bits per heavy atom. The fourth-order valence-corrected chi connectivity index (χ4v) is 1.29. The Morgan fingerprint density at radius 2 is 0.846 bits per heavy atom. The van der Waals surface area contributed by atoms with Gasteiger partial charge in [-0.3, -0.25) is 0 Å². The average Bonchev–Trinajstić information content (AvgIpc) is 2.16. The SMILES string of the molecule is N#CCCCCCCCCCC#N. The standard InChI is InChI=1S/C11H18N2/c12-10-8-6-4-2-1-3-5-7-9-11-13/h1-9H2. The maximum Gasteiger partial charge on any atom is 0.0621 e. The van der Waals surface area contributed by atoms with E-state index in [9.17, 15) is 0 Å². The van der Waals surface area contributed by atoms with E-state index in [1.54, 1.807) is 0 Å². The predicted octanol–water partition coefficient (Wildman–Crippen LogP) is 3.54. The van der Waals surface area contributed by atoms with E-state index in [1.807, 2.05) is 0 Å². The minimum atomic E-state index is 0.703. The molecule has 2 heteroatoms. The van der Waals surface area contributed by atoms with E-state index >= 15 is 0 Å². The Bertz CT molecular complexity index is 154. The molecule has 0 bridgehead atoms. The molecule has 13 heavy (non-hydrogen) atoms. The van der Waals surface area contributed by atoms with Crippen molar-refractivity contribution in [2.75, 3.05) is 0 Å². The van der Waals surface area contributed by atoms with Crippen molar-refractivity contribution >= 4 is 0 Å². The first kappa shape index (κ1) is 12.0. The Labute approximate surface area is 81.2 Å². The summed E-state index contributed by atoms with van der Waals surface area (Å²) in [5, 5.41) is 16.6. The minimum Gasteiger partial charge on any atom is -0.198 e. The molecular weight excluding hydrogens is 160 g/mol. The highest BCUT2D eigenvalue weighted by Gasteiger charge is 1.91. The lowest BCUT2D eigenvalue weighted by atomic mass is 10.1. The van der Waals surface area contributed by atoms with Gasteiger partial charge in [0.1, 0.15) is 0 Å². The minimum absolute atomic E-state index is 0.703. The second-order valence-electron chi connectivity index (χ2n) is 3.29. The molecule has 0 aliphatic rings. The van der Waals surface area contributed by atoms with Crippen LogP contribution < -0.4 is 0 Å². The van der Waals surface area contributed by atoms with Crippen LogP contribution in [-0.4, -0.2) is 0 Å². The van der Waals surface area contributed by atoms with E-state index in [-0.39, 0.29) is 0 Å². The van der Waals surface area contributed by atoms with Crippen LogP contribution in [0.5, 0.6) is 0 Å². The third-order valence-electron chi connectivity index (χ3n) is 2.08. The number of nitriles is 2. The van der Waals surface area contributed by atoms with Gasteiger partial charge in [-0.05, 0) is 12.8 Å². The summed E-state index contributed by atoms with van der Waals surface area (Å²) in [4.78, 5) is 0. The van der Waals surface area contributed by atoms with Gasteiger partial charge in [-0.25, -0.2) is 0 Å². The van der Waals surface area contributed by atoms with E-state index in [0.29, 0.717) is 12.8 Å². The molecule has 0 spiro atoms. The maximum absolute atomic E-state index is 8.29. The second kappa shape index (κ2) is 11.0. The van der Waals surface area contributed by atoms with Gasteiger partial charge in [0.05, 0.1) is 12.1 Å². The average molecular weight is 178 g/mol. The third kappa shape index (κ3) is 11.0. The molecule has 0 aliphatic carbocycles. The maximum atomic E-state index is 8.29. The summed E-state index contributed by atoms with van der Waals surface area (Å²) in [5.74, 6) is 0. The lowest BCUT2D eigenvalue weighted by Gasteiger charge is -1.98. The van der Waals surface area contributed by atoms with Crippen LogP contribution in [0.2, 0.25) is 0 Å². The van der Waals surface area contributed by atoms with Crippen LogP contribution >= 0.6 is 0 Å². The van der Waals surface area contributed by atoms with Crippen LogP contribution in [-0.2, 0) is 0 Å². The van der Waals surface area contributed by atoms with Crippen LogP contribution in [0.3, 0.4) is 0 Å². The van der Waals surface area contributed by atoms with Gasteiger partial charge in [-0.1, -0.05) is 32.1 Å². The smallest absolute Gasteiger partial charge is 0.0621 e. The van der Waals surface area contributed by atoms with Gasteiger partial charge < -0.3 is 0 Å². The van der Waals surface area contributed by atoms with Crippen molar-refractivity contribution in [2.24, 2.45) is 0 Å². The van der Waals surface area contributed by atoms with Gasteiger partial charge in [-0.2, -0.15) is 10.5 Å². The predicted molar refractivity (Wildman–Crippen MR) is 52.8 cm³/mol. The lowest BCUT2D eigenvalue weighted by Crippen LogP contribution is -1.80. The van der Waals surface area contributed by atoms with Crippen molar-refractivity contribution in [3.8, 4) is 12.1 Å². The van der Waals surface area contributed by atoms with Crippen LogP contribution in [0.1, 0.15) is 57.8 Å². The zero-order valence-electron chi connectivity index (χ0n) is 8.26. The highest BCUT2D eigenvalue weighted by Crippen LogP contribution is 2.08. The van der Waals surface area contributed by atoms with Crippen molar-refractivity contribution in [3.63, 3.8) is 0 Å². The lowest BCUT2D eigenvalue weighted by molar-refractivity contribution is 0.586. The summed E-state index contributed by atoms with van der Waals surface area (Å²) in [6.07, 6.45) is 9.63. The van der Waals surface area contributed by atoms with E-state index in [4.69, 9.17) is 10.5 Å². The quantitative estimate of drug-likeness (QED) is 0.534. The molecule has 0 rings (SSSR count). The summed E-state index contributed by atoms with van der Waals surface area (Å²) in [5.41, 5.74) is 0. The largest absolute Gasteiger partial charge is 0.198 e. The van der Waals surface area contributed by atoms with Crippen molar-refractivity contribution in [3.05, 3.63) is 0 Å². The fraction of sp³-hybridized carbons (Fsp3) is 0.818. The molecule has 0 saturated carbocycles. The molecule has 0 N–H and O–H groups in total. The Hall–Kier alpha value is -1.02. The highest BCUT2D eigenvalue weighted by molar-refractivity contribution is 4.68. The molecule has 0 aromatic carbocycles. The number of unbranched alkanes of at least 4 members (excludes halogenated alkanes) is 8. The molecule has 0 fully saturated rings.